The minimum Gasteiger partial charge on any atom is -0.344 e. The lowest BCUT2D eigenvalue weighted by Gasteiger charge is -2.31. The van der Waals surface area contributed by atoms with Crippen molar-refractivity contribution in [1.82, 2.24) is 24.8 Å². The third kappa shape index (κ3) is 3.69. The van der Waals surface area contributed by atoms with Crippen molar-refractivity contribution in [3.63, 3.8) is 0 Å². The molecule has 132 valence electrons. The summed E-state index contributed by atoms with van der Waals surface area (Å²) in [6, 6.07) is 0.923. The first-order valence-electron chi connectivity index (χ1n) is 7.67. The Morgan fingerprint density at radius 2 is 2.17 bits per heavy atom. The van der Waals surface area contributed by atoms with Crippen LogP contribution in [0, 0.1) is 0 Å². The van der Waals surface area contributed by atoms with Crippen LogP contribution in [0.4, 0.5) is 19.1 Å². The van der Waals surface area contributed by atoms with Gasteiger partial charge in [0.25, 0.3) is 5.95 Å². The molecule has 1 aliphatic rings. The molecule has 0 bridgehead atoms. The van der Waals surface area contributed by atoms with E-state index >= 15 is 0 Å². The molecule has 0 spiro atoms. The molecule has 0 amide bonds. The van der Waals surface area contributed by atoms with Gasteiger partial charge in [0.05, 0.1) is 12.6 Å². The van der Waals surface area contributed by atoms with Crippen LogP contribution < -0.4 is 4.90 Å². The van der Waals surface area contributed by atoms with Crippen molar-refractivity contribution in [1.29, 1.82) is 0 Å². The highest BCUT2D eigenvalue weighted by atomic mass is 19.4. The highest BCUT2D eigenvalue weighted by molar-refractivity contribution is 5.23. The molecule has 7 nitrogen and oxygen atoms in total. The molecule has 0 saturated carbocycles. The maximum Gasteiger partial charge on any atom is 0.435 e. The summed E-state index contributed by atoms with van der Waals surface area (Å²) in [6.07, 6.45) is -1.34. The second-order valence-electron chi connectivity index (χ2n) is 6.09. The standard InChI is InChI=1S/C14H19F3N6O/c1-21(2)13-18-12(24-20-13)9-22-6-3-4-10(8-22)23-7-5-11(19-23)14(15,16)17/h5,7,10H,3-4,6,8-9H2,1-2H3/t10-/m1/s1. The normalized spacial score (nSPS) is 19.6. The third-order valence-electron chi connectivity index (χ3n) is 3.97. The molecule has 3 heterocycles. The van der Waals surface area contributed by atoms with E-state index in [9.17, 15) is 13.2 Å². The first-order chi connectivity index (χ1) is 11.3. The van der Waals surface area contributed by atoms with E-state index in [1.807, 2.05) is 14.1 Å². The van der Waals surface area contributed by atoms with Gasteiger partial charge in [-0.25, -0.2) is 0 Å². The van der Waals surface area contributed by atoms with Crippen LogP contribution in [0.2, 0.25) is 0 Å². The summed E-state index contributed by atoms with van der Waals surface area (Å²) in [7, 11) is 3.64. The summed E-state index contributed by atoms with van der Waals surface area (Å²) in [5.74, 6) is 0.997. The van der Waals surface area contributed by atoms with E-state index in [2.05, 4.69) is 20.1 Å². The van der Waals surface area contributed by atoms with Gasteiger partial charge >= 0.3 is 6.18 Å². The van der Waals surface area contributed by atoms with Crippen LogP contribution in [0.15, 0.2) is 16.8 Å². The monoisotopic (exact) mass is 344 g/mol. The van der Waals surface area contributed by atoms with Crippen LogP contribution in [0.5, 0.6) is 0 Å². The van der Waals surface area contributed by atoms with Crippen molar-refractivity contribution in [3.05, 3.63) is 23.8 Å². The van der Waals surface area contributed by atoms with Crippen LogP contribution in [-0.4, -0.2) is 52.0 Å². The topological polar surface area (TPSA) is 63.2 Å². The molecule has 1 aliphatic heterocycles. The minimum absolute atomic E-state index is 0.0916. The van der Waals surface area contributed by atoms with Crippen molar-refractivity contribution < 1.29 is 17.7 Å². The Morgan fingerprint density at radius 3 is 2.79 bits per heavy atom. The Labute approximate surface area is 137 Å². The number of hydrogen-bond donors (Lipinski definition) is 0. The Morgan fingerprint density at radius 1 is 1.38 bits per heavy atom. The molecular formula is C14H19F3N6O. The summed E-state index contributed by atoms with van der Waals surface area (Å²) in [5.41, 5.74) is -0.854. The number of piperidine rings is 1. The van der Waals surface area contributed by atoms with E-state index in [1.54, 1.807) is 4.90 Å². The predicted octanol–water partition coefficient (Wildman–Crippen LogP) is 2.19. The van der Waals surface area contributed by atoms with Crippen molar-refractivity contribution in [2.45, 2.75) is 31.6 Å². The maximum absolute atomic E-state index is 12.7. The maximum atomic E-state index is 12.7. The van der Waals surface area contributed by atoms with Gasteiger partial charge in [-0.2, -0.15) is 23.3 Å². The van der Waals surface area contributed by atoms with Gasteiger partial charge in [-0.1, -0.05) is 0 Å². The lowest BCUT2D eigenvalue weighted by Crippen LogP contribution is -2.36. The fourth-order valence-electron chi connectivity index (χ4n) is 2.77. The van der Waals surface area contributed by atoms with Crippen LogP contribution >= 0.6 is 0 Å². The summed E-state index contributed by atoms with van der Waals surface area (Å²) >= 11 is 0. The van der Waals surface area contributed by atoms with Gasteiger partial charge < -0.3 is 9.42 Å². The highest BCUT2D eigenvalue weighted by Gasteiger charge is 2.34. The Kier molecular flexibility index (Phi) is 4.48. The first-order valence-corrected chi connectivity index (χ1v) is 7.67. The van der Waals surface area contributed by atoms with Gasteiger partial charge in [-0.05, 0) is 30.6 Å². The third-order valence-corrected chi connectivity index (χ3v) is 3.97. The quantitative estimate of drug-likeness (QED) is 0.847. The van der Waals surface area contributed by atoms with Gasteiger partial charge in [-0.15, -0.1) is 0 Å². The number of rotatable bonds is 4. The van der Waals surface area contributed by atoms with Crippen molar-refractivity contribution in [2.24, 2.45) is 0 Å². The van der Waals surface area contributed by atoms with Gasteiger partial charge in [-0.3, -0.25) is 9.58 Å². The fraction of sp³-hybridized carbons (Fsp3) is 0.643. The number of anilines is 1. The molecular weight excluding hydrogens is 325 g/mol. The van der Waals surface area contributed by atoms with Gasteiger partial charge in [0.15, 0.2) is 5.69 Å². The van der Waals surface area contributed by atoms with Crippen LogP contribution in [0.25, 0.3) is 0 Å². The van der Waals surface area contributed by atoms with E-state index in [4.69, 9.17) is 4.52 Å². The largest absolute Gasteiger partial charge is 0.435 e. The average molecular weight is 344 g/mol. The number of aromatic nitrogens is 4. The van der Waals surface area contributed by atoms with E-state index in [1.165, 1.54) is 10.9 Å². The SMILES string of the molecule is CN(C)c1noc(CN2CCC[C@@H](n3ccc(C(F)(F)F)n3)C2)n1. The molecule has 2 aromatic rings. The fourth-order valence-corrected chi connectivity index (χ4v) is 2.77. The Hall–Kier alpha value is -2.10. The molecule has 24 heavy (non-hydrogen) atoms. The number of nitrogens with zero attached hydrogens (tertiary/aromatic N) is 6. The Balaban J connectivity index is 1.64. The zero-order valence-corrected chi connectivity index (χ0v) is 13.5. The second kappa shape index (κ2) is 6.42. The van der Waals surface area contributed by atoms with Crippen molar-refractivity contribution in [3.8, 4) is 0 Å². The van der Waals surface area contributed by atoms with E-state index in [-0.39, 0.29) is 6.04 Å². The average Bonchev–Trinajstić information content (AvgIpc) is 3.16. The Bertz CT molecular complexity index is 680. The number of halogens is 3. The molecule has 1 fully saturated rings. The molecule has 0 N–H and O–H groups in total. The minimum atomic E-state index is -4.41. The number of alkyl halides is 3. The van der Waals surface area contributed by atoms with Gasteiger partial charge in [0, 0.05) is 26.8 Å². The summed E-state index contributed by atoms with van der Waals surface area (Å²) in [6.45, 7) is 1.91. The van der Waals surface area contributed by atoms with Crippen LogP contribution in [0.1, 0.15) is 30.5 Å². The van der Waals surface area contributed by atoms with Gasteiger partial charge in [0.2, 0.25) is 5.89 Å². The second-order valence-corrected chi connectivity index (χ2v) is 6.09. The van der Waals surface area contributed by atoms with E-state index in [0.717, 1.165) is 25.5 Å². The van der Waals surface area contributed by atoms with Crippen molar-refractivity contribution in [2.75, 3.05) is 32.1 Å². The highest BCUT2D eigenvalue weighted by Crippen LogP contribution is 2.29. The van der Waals surface area contributed by atoms with Crippen LogP contribution in [-0.2, 0) is 12.7 Å². The molecule has 0 aromatic carbocycles. The molecule has 1 atom stereocenters. The summed E-state index contributed by atoms with van der Waals surface area (Å²) in [5, 5.41) is 7.54. The first kappa shape index (κ1) is 16.7. The molecule has 2 aromatic heterocycles. The van der Waals surface area contributed by atoms with Gasteiger partial charge in [0.1, 0.15) is 0 Å². The summed E-state index contributed by atoms with van der Waals surface area (Å²) in [4.78, 5) is 8.11. The molecule has 1 saturated heterocycles. The van der Waals surface area contributed by atoms with E-state index < -0.39 is 11.9 Å². The lowest BCUT2D eigenvalue weighted by molar-refractivity contribution is -0.141. The molecule has 3 rings (SSSR count). The van der Waals surface area contributed by atoms with Crippen LogP contribution in [0.3, 0.4) is 0 Å². The zero-order chi connectivity index (χ0) is 17.3. The molecule has 0 aliphatic carbocycles. The molecule has 0 unspecified atom stereocenters. The summed E-state index contributed by atoms with van der Waals surface area (Å²) < 4.78 is 44.7. The van der Waals surface area contributed by atoms with Crippen molar-refractivity contribution >= 4 is 5.95 Å². The predicted molar refractivity (Wildman–Crippen MR) is 79.4 cm³/mol. The molecule has 0 radical (unpaired) electrons. The number of hydrogen-bond acceptors (Lipinski definition) is 6. The molecule has 10 heteroatoms. The zero-order valence-electron chi connectivity index (χ0n) is 13.5. The van der Waals surface area contributed by atoms with E-state index in [0.29, 0.717) is 24.9 Å². The number of likely N-dealkylation sites (tertiary alicyclic amines) is 1. The lowest BCUT2D eigenvalue weighted by atomic mass is 10.1. The smallest absolute Gasteiger partial charge is 0.344 e.